The molecule has 5 heteroatoms. The van der Waals surface area contributed by atoms with Crippen molar-refractivity contribution in [2.45, 2.75) is 19.1 Å². The molecule has 2 unspecified atom stereocenters. The predicted octanol–water partition coefficient (Wildman–Crippen LogP) is 1.71. The summed E-state index contributed by atoms with van der Waals surface area (Å²) in [5, 5.41) is 9.13. The second-order valence-corrected chi connectivity index (χ2v) is 5.76. The quantitative estimate of drug-likeness (QED) is 0.855. The number of benzene rings is 1. The van der Waals surface area contributed by atoms with Crippen LogP contribution in [-0.2, 0) is 4.74 Å². The van der Waals surface area contributed by atoms with Crippen LogP contribution in [0.15, 0.2) is 28.7 Å². The number of Topliss-reactive ketones (excluding diaryl/α,β-unsaturated/α-hetero) is 1. The number of hydrogen-bond acceptors (Lipinski definition) is 4. The first-order valence-corrected chi connectivity index (χ1v) is 7.14. The average molecular weight is 328 g/mol. The Balaban J connectivity index is 1.99. The van der Waals surface area contributed by atoms with Gasteiger partial charge in [0.15, 0.2) is 5.78 Å². The number of aliphatic hydroxyl groups is 1. The van der Waals surface area contributed by atoms with E-state index in [2.05, 4.69) is 20.8 Å². The number of hydrogen-bond donors (Lipinski definition) is 1. The van der Waals surface area contributed by atoms with Crippen LogP contribution in [0.3, 0.4) is 0 Å². The van der Waals surface area contributed by atoms with Crippen molar-refractivity contribution in [2.75, 3.05) is 26.3 Å². The number of ketones is 1. The minimum Gasteiger partial charge on any atom is -0.394 e. The number of nitrogens with zero attached hydrogens (tertiary/aromatic N) is 1. The number of carbonyl (C=O) groups is 1. The van der Waals surface area contributed by atoms with Gasteiger partial charge in [0.1, 0.15) is 0 Å². The smallest absolute Gasteiger partial charge is 0.176 e. The third-order valence-corrected chi connectivity index (χ3v) is 3.88. The fraction of sp³-hybridized carbons (Fsp3) is 0.500. The Morgan fingerprint density at radius 2 is 2.16 bits per heavy atom. The van der Waals surface area contributed by atoms with Gasteiger partial charge >= 0.3 is 0 Å². The van der Waals surface area contributed by atoms with Gasteiger partial charge in [0.05, 0.1) is 25.9 Å². The predicted molar refractivity (Wildman–Crippen MR) is 76.3 cm³/mol. The van der Waals surface area contributed by atoms with Gasteiger partial charge in [0, 0.05) is 22.6 Å². The summed E-state index contributed by atoms with van der Waals surface area (Å²) >= 11 is 3.35. The second kappa shape index (κ2) is 6.61. The van der Waals surface area contributed by atoms with Gasteiger partial charge in [-0.05, 0) is 19.1 Å². The van der Waals surface area contributed by atoms with Crippen LogP contribution in [0.2, 0.25) is 0 Å². The second-order valence-electron chi connectivity index (χ2n) is 4.85. The van der Waals surface area contributed by atoms with E-state index in [1.54, 1.807) is 0 Å². The van der Waals surface area contributed by atoms with Crippen LogP contribution in [-0.4, -0.2) is 54.2 Å². The average Bonchev–Trinajstić information content (AvgIpc) is 2.42. The van der Waals surface area contributed by atoms with E-state index in [4.69, 9.17) is 9.84 Å². The molecule has 1 fully saturated rings. The molecular formula is C14H18BrNO3. The molecule has 1 heterocycles. The Labute approximate surface area is 121 Å². The number of aliphatic hydroxyl groups excluding tert-OH is 1. The molecule has 4 nitrogen and oxygen atoms in total. The molecule has 1 aromatic rings. The van der Waals surface area contributed by atoms with Crippen molar-refractivity contribution in [1.82, 2.24) is 4.90 Å². The van der Waals surface area contributed by atoms with Gasteiger partial charge in [-0.15, -0.1) is 0 Å². The first-order valence-electron chi connectivity index (χ1n) is 6.35. The summed E-state index contributed by atoms with van der Waals surface area (Å²) in [4.78, 5) is 14.3. The summed E-state index contributed by atoms with van der Waals surface area (Å²) in [6, 6.07) is 7.57. The maximum absolute atomic E-state index is 12.2. The van der Waals surface area contributed by atoms with E-state index >= 15 is 0 Å². The third kappa shape index (κ3) is 3.86. The van der Waals surface area contributed by atoms with Crippen molar-refractivity contribution < 1.29 is 14.6 Å². The van der Waals surface area contributed by atoms with Crippen LogP contribution in [0.4, 0.5) is 0 Å². The molecule has 0 spiro atoms. The van der Waals surface area contributed by atoms with Gasteiger partial charge in [-0.1, -0.05) is 28.1 Å². The first-order chi connectivity index (χ1) is 9.10. The lowest BCUT2D eigenvalue weighted by molar-refractivity contribution is -0.0747. The topological polar surface area (TPSA) is 49.8 Å². The van der Waals surface area contributed by atoms with E-state index in [9.17, 15) is 4.79 Å². The van der Waals surface area contributed by atoms with E-state index in [1.807, 2.05) is 31.2 Å². The molecule has 1 N–H and O–H groups in total. The van der Waals surface area contributed by atoms with Crippen molar-refractivity contribution in [1.29, 1.82) is 0 Å². The van der Waals surface area contributed by atoms with Crippen LogP contribution in [0.1, 0.15) is 17.3 Å². The maximum Gasteiger partial charge on any atom is 0.176 e. The Kier molecular flexibility index (Phi) is 5.10. The molecule has 2 rings (SSSR count). The molecule has 0 aliphatic carbocycles. The highest BCUT2D eigenvalue weighted by Gasteiger charge is 2.27. The molecule has 1 saturated heterocycles. The van der Waals surface area contributed by atoms with Gasteiger partial charge < -0.3 is 9.84 Å². The first kappa shape index (κ1) is 14.7. The monoisotopic (exact) mass is 327 g/mol. The Hall–Kier alpha value is -0.750. The number of morpholine rings is 1. The summed E-state index contributed by atoms with van der Waals surface area (Å²) in [6.07, 6.45) is -0.186. The summed E-state index contributed by atoms with van der Waals surface area (Å²) in [5.74, 6) is 0.0953. The zero-order valence-electron chi connectivity index (χ0n) is 10.9. The molecule has 0 bridgehead atoms. The molecule has 104 valence electrons. The van der Waals surface area contributed by atoms with Crippen molar-refractivity contribution in [3.63, 3.8) is 0 Å². The van der Waals surface area contributed by atoms with Crippen molar-refractivity contribution in [3.8, 4) is 0 Å². The summed E-state index contributed by atoms with van der Waals surface area (Å²) in [7, 11) is 0. The number of rotatable bonds is 4. The van der Waals surface area contributed by atoms with E-state index in [0.717, 1.165) is 4.47 Å². The molecule has 19 heavy (non-hydrogen) atoms. The van der Waals surface area contributed by atoms with Crippen LogP contribution in [0, 0.1) is 0 Å². The summed E-state index contributed by atoms with van der Waals surface area (Å²) in [5.41, 5.74) is 0.711. The van der Waals surface area contributed by atoms with Gasteiger partial charge in [0.2, 0.25) is 0 Å². The van der Waals surface area contributed by atoms with Crippen molar-refractivity contribution >= 4 is 21.7 Å². The van der Waals surface area contributed by atoms with Crippen LogP contribution >= 0.6 is 15.9 Å². The van der Waals surface area contributed by atoms with E-state index in [-0.39, 0.29) is 24.5 Å². The van der Waals surface area contributed by atoms with Crippen molar-refractivity contribution in [3.05, 3.63) is 34.3 Å². The lowest BCUT2D eigenvalue weighted by Gasteiger charge is -2.36. The Morgan fingerprint density at radius 3 is 2.79 bits per heavy atom. The highest BCUT2D eigenvalue weighted by molar-refractivity contribution is 9.10. The highest BCUT2D eigenvalue weighted by atomic mass is 79.9. The Bertz CT molecular complexity index is 435. The fourth-order valence-electron chi connectivity index (χ4n) is 2.12. The molecule has 1 aliphatic heterocycles. The maximum atomic E-state index is 12.2. The SMILES string of the molecule is CC1COC(CO)CN1CC(=O)c1ccc(Br)cc1. The van der Waals surface area contributed by atoms with E-state index < -0.39 is 0 Å². The molecule has 0 saturated carbocycles. The van der Waals surface area contributed by atoms with Crippen LogP contribution < -0.4 is 0 Å². The largest absolute Gasteiger partial charge is 0.394 e. The lowest BCUT2D eigenvalue weighted by Crippen LogP contribution is -2.51. The number of ether oxygens (including phenoxy) is 1. The van der Waals surface area contributed by atoms with E-state index in [0.29, 0.717) is 25.3 Å². The zero-order valence-corrected chi connectivity index (χ0v) is 12.5. The lowest BCUT2D eigenvalue weighted by atomic mass is 10.1. The van der Waals surface area contributed by atoms with Crippen LogP contribution in [0.5, 0.6) is 0 Å². The molecule has 0 aromatic heterocycles. The molecule has 0 radical (unpaired) electrons. The normalized spacial score (nSPS) is 24.4. The van der Waals surface area contributed by atoms with Gasteiger partial charge in [-0.3, -0.25) is 9.69 Å². The molecule has 1 aliphatic rings. The standard InChI is InChI=1S/C14H18BrNO3/c1-10-9-19-13(8-17)6-16(10)7-14(18)11-2-4-12(15)5-3-11/h2-5,10,13,17H,6-9H2,1H3. The highest BCUT2D eigenvalue weighted by Crippen LogP contribution is 2.14. The summed E-state index contributed by atoms with van der Waals surface area (Å²) in [6.45, 7) is 3.54. The van der Waals surface area contributed by atoms with Gasteiger partial charge in [-0.25, -0.2) is 0 Å². The Morgan fingerprint density at radius 1 is 1.47 bits per heavy atom. The number of halogens is 1. The summed E-state index contributed by atoms with van der Waals surface area (Å²) < 4.78 is 6.43. The molecule has 0 amide bonds. The number of carbonyl (C=O) groups excluding carboxylic acids is 1. The van der Waals surface area contributed by atoms with Gasteiger partial charge in [0.25, 0.3) is 0 Å². The molecule has 2 atom stereocenters. The fourth-order valence-corrected chi connectivity index (χ4v) is 2.38. The molecular weight excluding hydrogens is 310 g/mol. The molecule has 1 aromatic carbocycles. The minimum absolute atomic E-state index is 0.00427. The van der Waals surface area contributed by atoms with Crippen molar-refractivity contribution in [2.24, 2.45) is 0 Å². The van der Waals surface area contributed by atoms with Gasteiger partial charge in [-0.2, -0.15) is 0 Å². The minimum atomic E-state index is -0.186. The third-order valence-electron chi connectivity index (χ3n) is 3.35. The zero-order chi connectivity index (χ0) is 13.8. The van der Waals surface area contributed by atoms with Crippen LogP contribution in [0.25, 0.3) is 0 Å². The van der Waals surface area contributed by atoms with E-state index in [1.165, 1.54) is 0 Å².